The molecule has 1 saturated heterocycles. The summed E-state index contributed by atoms with van der Waals surface area (Å²) in [5, 5.41) is 0. The lowest BCUT2D eigenvalue weighted by Gasteiger charge is -2.21. The van der Waals surface area contributed by atoms with Crippen LogP contribution in [0.2, 0.25) is 0 Å². The van der Waals surface area contributed by atoms with E-state index in [4.69, 9.17) is 9.47 Å². The first-order valence-electron chi connectivity index (χ1n) is 6.63. The van der Waals surface area contributed by atoms with Gasteiger partial charge in [0, 0.05) is 25.2 Å². The van der Waals surface area contributed by atoms with Gasteiger partial charge in [-0.05, 0) is 36.0 Å². The molecule has 0 saturated carbocycles. The second-order valence-electron chi connectivity index (χ2n) is 5.16. The van der Waals surface area contributed by atoms with Crippen LogP contribution in [0.5, 0.6) is 0 Å². The van der Waals surface area contributed by atoms with Crippen LogP contribution in [0, 0.1) is 5.92 Å². The smallest absolute Gasteiger partial charge is 0.163 e. The maximum Gasteiger partial charge on any atom is 0.163 e. The van der Waals surface area contributed by atoms with E-state index >= 15 is 0 Å². The van der Waals surface area contributed by atoms with E-state index in [9.17, 15) is 4.79 Å². The first kappa shape index (κ1) is 11.9. The van der Waals surface area contributed by atoms with Gasteiger partial charge < -0.3 is 9.47 Å². The largest absolute Gasteiger partial charge is 0.381 e. The van der Waals surface area contributed by atoms with Gasteiger partial charge >= 0.3 is 0 Å². The molecule has 18 heavy (non-hydrogen) atoms. The third-order valence-electron chi connectivity index (χ3n) is 3.86. The summed E-state index contributed by atoms with van der Waals surface area (Å²) in [4.78, 5) is 12.2. The summed E-state index contributed by atoms with van der Waals surface area (Å²) >= 11 is 0. The number of Topliss-reactive ketones (excluding diaryl/α,β-unsaturated/α-hetero) is 1. The van der Waals surface area contributed by atoms with E-state index < -0.39 is 0 Å². The summed E-state index contributed by atoms with van der Waals surface area (Å²) in [6, 6.07) is 5.97. The van der Waals surface area contributed by atoms with Gasteiger partial charge in [-0.25, -0.2) is 0 Å². The molecule has 0 unspecified atom stereocenters. The predicted molar refractivity (Wildman–Crippen MR) is 67.4 cm³/mol. The summed E-state index contributed by atoms with van der Waals surface area (Å²) in [5.41, 5.74) is 3.23. The SMILES string of the molecule is O=C(CC1CCOCC1)c1ccc2c(c1)COC2. The van der Waals surface area contributed by atoms with E-state index in [-0.39, 0.29) is 5.78 Å². The standard InChI is InChI=1S/C15H18O3/c16-15(7-11-3-5-17-6-4-11)12-1-2-13-9-18-10-14(13)8-12/h1-2,8,11H,3-7,9-10H2. The molecule has 0 radical (unpaired) electrons. The van der Waals surface area contributed by atoms with Crippen molar-refractivity contribution in [3.63, 3.8) is 0 Å². The number of rotatable bonds is 3. The fraction of sp³-hybridized carbons (Fsp3) is 0.533. The molecule has 0 N–H and O–H groups in total. The van der Waals surface area contributed by atoms with Gasteiger partial charge in [0.15, 0.2) is 5.78 Å². The van der Waals surface area contributed by atoms with Crippen molar-refractivity contribution in [2.45, 2.75) is 32.5 Å². The fourth-order valence-electron chi connectivity index (χ4n) is 2.68. The lowest BCUT2D eigenvalue weighted by Crippen LogP contribution is -2.18. The third-order valence-corrected chi connectivity index (χ3v) is 3.86. The van der Waals surface area contributed by atoms with Crippen molar-refractivity contribution in [2.24, 2.45) is 5.92 Å². The molecule has 0 spiro atoms. The second kappa shape index (κ2) is 5.21. The molecule has 1 aromatic rings. The summed E-state index contributed by atoms with van der Waals surface area (Å²) in [6.07, 6.45) is 2.68. The van der Waals surface area contributed by atoms with Gasteiger partial charge in [-0.1, -0.05) is 12.1 Å². The van der Waals surface area contributed by atoms with Crippen molar-refractivity contribution >= 4 is 5.78 Å². The fourth-order valence-corrected chi connectivity index (χ4v) is 2.68. The van der Waals surface area contributed by atoms with Crippen LogP contribution in [0.25, 0.3) is 0 Å². The minimum Gasteiger partial charge on any atom is -0.381 e. The zero-order valence-corrected chi connectivity index (χ0v) is 10.5. The molecule has 2 heterocycles. The number of carbonyl (C=O) groups excluding carboxylic acids is 1. The lowest BCUT2D eigenvalue weighted by molar-refractivity contribution is 0.0601. The topological polar surface area (TPSA) is 35.5 Å². The first-order chi connectivity index (χ1) is 8.83. The van der Waals surface area contributed by atoms with Crippen molar-refractivity contribution in [3.05, 3.63) is 34.9 Å². The van der Waals surface area contributed by atoms with Gasteiger partial charge in [0.05, 0.1) is 13.2 Å². The van der Waals surface area contributed by atoms with Crippen LogP contribution in [0.15, 0.2) is 18.2 Å². The molecule has 3 heteroatoms. The average molecular weight is 246 g/mol. The van der Waals surface area contributed by atoms with Gasteiger partial charge in [0.25, 0.3) is 0 Å². The monoisotopic (exact) mass is 246 g/mol. The van der Waals surface area contributed by atoms with Gasteiger partial charge in [0.2, 0.25) is 0 Å². The van der Waals surface area contributed by atoms with Crippen LogP contribution in [0.4, 0.5) is 0 Å². The van der Waals surface area contributed by atoms with Crippen LogP contribution < -0.4 is 0 Å². The quantitative estimate of drug-likeness (QED) is 0.769. The highest BCUT2D eigenvalue weighted by Crippen LogP contribution is 2.24. The van der Waals surface area contributed by atoms with E-state index in [0.717, 1.165) is 31.6 Å². The van der Waals surface area contributed by atoms with Crippen LogP contribution in [0.3, 0.4) is 0 Å². The predicted octanol–water partition coefficient (Wildman–Crippen LogP) is 2.72. The molecular weight excluding hydrogens is 228 g/mol. The lowest BCUT2D eigenvalue weighted by atomic mass is 9.91. The summed E-state index contributed by atoms with van der Waals surface area (Å²) in [5.74, 6) is 0.757. The molecule has 2 aliphatic heterocycles. The minimum atomic E-state index is 0.261. The number of benzene rings is 1. The molecule has 1 fully saturated rings. The summed E-state index contributed by atoms with van der Waals surface area (Å²) < 4.78 is 10.7. The minimum absolute atomic E-state index is 0.261. The summed E-state index contributed by atoms with van der Waals surface area (Å²) in [7, 11) is 0. The molecule has 0 amide bonds. The number of carbonyl (C=O) groups is 1. The second-order valence-corrected chi connectivity index (χ2v) is 5.16. The zero-order chi connectivity index (χ0) is 12.4. The number of ether oxygens (including phenoxy) is 2. The molecule has 0 bridgehead atoms. The van der Waals surface area contributed by atoms with Crippen molar-refractivity contribution in [1.29, 1.82) is 0 Å². The van der Waals surface area contributed by atoms with E-state index in [1.165, 1.54) is 11.1 Å². The van der Waals surface area contributed by atoms with Crippen molar-refractivity contribution in [3.8, 4) is 0 Å². The Kier molecular flexibility index (Phi) is 3.43. The molecule has 3 rings (SSSR count). The van der Waals surface area contributed by atoms with Gasteiger partial charge in [-0.15, -0.1) is 0 Å². The molecule has 3 nitrogen and oxygen atoms in total. The van der Waals surface area contributed by atoms with Gasteiger partial charge in [-0.2, -0.15) is 0 Å². The zero-order valence-electron chi connectivity index (χ0n) is 10.5. The molecule has 1 aromatic carbocycles. The van der Waals surface area contributed by atoms with E-state index in [1.54, 1.807) is 0 Å². The normalized spacial score (nSPS) is 19.8. The highest BCUT2D eigenvalue weighted by molar-refractivity contribution is 5.96. The highest BCUT2D eigenvalue weighted by Gasteiger charge is 2.20. The van der Waals surface area contributed by atoms with E-state index in [1.807, 2.05) is 18.2 Å². The van der Waals surface area contributed by atoms with Crippen LogP contribution in [-0.4, -0.2) is 19.0 Å². The number of hydrogen-bond acceptors (Lipinski definition) is 3. The Bertz CT molecular complexity index is 447. The third kappa shape index (κ3) is 2.47. The maximum atomic E-state index is 12.2. The highest BCUT2D eigenvalue weighted by atomic mass is 16.5. The molecule has 0 atom stereocenters. The molecular formula is C15H18O3. The van der Waals surface area contributed by atoms with Crippen molar-refractivity contribution in [2.75, 3.05) is 13.2 Å². The van der Waals surface area contributed by atoms with E-state index in [0.29, 0.717) is 25.6 Å². The Morgan fingerprint density at radius 2 is 1.89 bits per heavy atom. The average Bonchev–Trinajstić information content (AvgIpc) is 2.87. The maximum absolute atomic E-state index is 12.2. The Labute approximate surface area is 107 Å². The van der Waals surface area contributed by atoms with Crippen molar-refractivity contribution in [1.82, 2.24) is 0 Å². The first-order valence-corrected chi connectivity index (χ1v) is 6.63. The van der Waals surface area contributed by atoms with Gasteiger partial charge in [-0.3, -0.25) is 4.79 Å². The molecule has 2 aliphatic rings. The molecule has 96 valence electrons. The van der Waals surface area contributed by atoms with Crippen LogP contribution in [0.1, 0.15) is 40.7 Å². The molecule has 0 aromatic heterocycles. The summed E-state index contributed by atoms with van der Waals surface area (Å²) in [6.45, 7) is 2.93. The van der Waals surface area contributed by atoms with E-state index in [2.05, 4.69) is 0 Å². The molecule has 0 aliphatic carbocycles. The number of hydrogen-bond donors (Lipinski definition) is 0. The van der Waals surface area contributed by atoms with Crippen LogP contribution in [-0.2, 0) is 22.7 Å². The Morgan fingerprint density at radius 3 is 2.72 bits per heavy atom. The van der Waals surface area contributed by atoms with Crippen molar-refractivity contribution < 1.29 is 14.3 Å². The number of fused-ring (bicyclic) bond motifs is 1. The Hall–Kier alpha value is -1.19. The Morgan fingerprint density at radius 1 is 1.11 bits per heavy atom. The van der Waals surface area contributed by atoms with Gasteiger partial charge in [0.1, 0.15) is 0 Å². The van der Waals surface area contributed by atoms with Crippen LogP contribution >= 0.6 is 0 Å². The Balaban J connectivity index is 1.68. The number of ketones is 1.